The molecule has 1 aromatic heterocycles. The van der Waals surface area contributed by atoms with E-state index in [1.165, 1.54) is 128 Å². The van der Waals surface area contributed by atoms with Crippen molar-refractivity contribution >= 4 is 79.0 Å². The van der Waals surface area contributed by atoms with Gasteiger partial charge in [0, 0.05) is 66.6 Å². The standard InChI is InChI=1S/C94H100BN3/c1-87(2,3)69-53-74(89(7,8)9)84-80(57-69)98(81-58-70(88(4,5)6)54-75(85(81)84)90(10,11)12)73-59-82-86-83(60-73)97(72-46-34-44-66(52-72)92(15,16)62-37-27-22-28-38-62)79-56-68(94(19,20)64-41-31-24-32-42-64)48-50-77(79)95(86)76-49-47-67(93(17,18)63-39-29-23-30-40-63)55-78(76)96(82)71-45-33-43-65(51-71)91(13,14)61-35-25-21-26-36-61/h21-60H,1-20H3. The van der Waals surface area contributed by atoms with Gasteiger partial charge in [-0.1, -0.05) is 320 Å². The molecule has 3 heterocycles. The molecule has 494 valence electrons. The highest BCUT2D eigenvalue weighted by molar-refractivity contribution is 7.00. The van der Waals surface area contributed by atoms with Gasteiger partial charge in [0.1, 0.15) is 0 Å². The van der Waals surface area contributed by atoms with E-state index in [0.717, 1.165) is 17.1 Å². The highest BCUT2D eigenvalue weighted by atomic mass is 15.2. The molecule has 4 heteroatoms. The zero-order valence-corrected chi connectivity index (χ0v) is 62.0. The summed E-state index contributed by atoms with van der Waals surface area (Å²) in [4.78, 5) is 5.37. The first-order chi connectivity index (χ1) is 46.2. The topological polar surface area (TPSA) is 11.4 Å². The van der Waals surface area contributed by atoms with E-state index in [4.69, 9.17) is 0 Å². The van der Waals surface area contributed by atoms with Crippen molar-refractivity contribution in [3.63, 3.8) is 0 Å². The molecule has 0 radical (unpaired) electrons. The molecule has 0 amide bonds. The maximum absolute atomic E-state index is 2.72. The van der Waals surface area contributed by atoms with E-state index in [-0.39, 0.29) is 50.0 Å². The molecule has 2 aliphatic rings. The Morgan fingerprint density at radius 1 is 0.235 bits per heavy atom. The van der Waals surface area contributed by atoms with E-state index in [9.17, 15) is 0 Å². The largest absolute Gasteiger partial charge is 0.311 e. The maximum Gasteiger partial charge on any atom is 0.252 e. The molecule has 0 saturated heterocycles. The summed E-state index contributed by atoms with van der Waals surface area (Å²) >= 11 is 0. The van der Waals surface area contributed by atoms with Crippen LogP contribution in [0.25, 0.3) is 27.5 Å². The number of rotatable bonds is 11. The second-order valence-electron chi connectivity index (χ2n) is 34.8. The molecule has 0 N–H and O–H groups in total. The number of hydrogen-bond donors (Lipinski definition) is 0. The quantitative estimate of drug-likeness (QED) is 0.120. The zero-order valence-electron chi connectivity index (χ0n) is 62.0. The summed E-state index contributed by atoms with van der Waals surface area (Å²) in [5.41, 5.74) is 28.0. The van der Waals surface area contributed by atoms with Gasteiger partial charge >= 0.3 is 0 Å². The van der Waals surface area contributed by atoms with E-state index in [1.807, 2.05) is 0 Å². The second kappa shape index (κ2) is 23.3. The molecule has 0 fully saturated rings. The zero-order chi connectivity index (χ0) is 69.6. The Morgan fingerprint density at radius 2 is 0.541 bits per heavy atom. The lowest BCUT2D eigenvalue weighted by molar-refractivity contribution is 0.570. The number of hydrogen-bond acceptors (Lipinski definition) is 2. The van der Waals surface area contributed by atoms with E-state index < -0.39 is 0 Å². The Labute approximate surface area is 586 Å². The van der Waals surface area contributed by atoms with Crippen molar-refractivity contribution < 1.29 is 0 Å². The van der Waals surface area contributed by atoms with Gasteiger partial charge in [0.2, 0.25) is 0 Å². The van der Waals surface area contributed by atoms with Crippen LogP contribution in [0.1, 0.15) is 205 Å². The van der Waals surface area contributed by atoms with Crippen molar-refractivity contribution in [1.29, 1.82) is 0 Å². The smallest absolute Gasteiger partial charge is 0.252 e. The van der Waals surface area contributed by atoms with Crippen LogP contribution >= 0.6 is 0 Å². The van der Waals surface area contributed by atoms with E-state index in [1.54, 1.807) is 0 Å². The van der Waals surface area contributed by atoms with Gasteiger partial charge in [-0.3, -0.25) is 0 Å². The molecule has 0 unspecified atom stereocenters. The molecule has 0 saturated carbocycles. The van der Waals surface area contributed by atoms with Gasteiger partial charge in [-0.2, -0.15) is 0 Å². The van der Waals surface area contributed by atoms with Crippen molar-refractivity contribution in [2.24, 2.45) is 0 Å². The highest BCUT2D eigenvalue weighted by Gasteiger charge is 2.46. The Bertz CT molecular complexity index is 4740. The molecule has 14 rings (SSSR count). The summed E-state index contributed by atoms with van der Waals surface area (Å²) in [7, 11) is 0. The fourth-order valence-electron chi connectivity index (χ4n) is 16.2. The number of benzene rings is 11. The van der Waals surface area contributed by atoms with Crippen molar-refractivity contribution in [3.8, 4) is 5.69 Å². The molecule has 2 aliphatic heterocycles. The summed E-state index contributed by atoms with van der Waals surface area (Å²) in [5, 5.41) is 2.68. The van der Waals surface area contributed by atoms with Crippen LogP contribution in [0.15, 0.2) is 243 Å². The number of fused-ring (bicyclic) bond motifs is 7. The minimum Gasteiger partial charge on any atom is -0.311 e. The van der Waals surface area contributed by atoms with Crippen molar-refractivity contribution in [2.75, 3.05) is 9.80 Å². The number of aromatic nitrogens is 1. The van der Waals surface area contributed by atoms with Crippen LogP contribution < -0.4 is 26.2 Å². The second-order valence-corrected chi connectivity index (χ2v) is 34.8. The number of anilines is 6. The molecular formula is C94H100BN3. The summed E-state index contributed by atoms with van der Waals surface area (Å²) in [6.45, 7) is 47.9. The fourth-order valence-corrected chi connectivity index (χ4v) is 16.2. The molecule has 0 aliphatic carbocycles. The van der Waals surface area contributed by atoms with Gasteiger partial charge in [-0.15, -0.1) is 0 Å². The average Bonchev–Trinajstić information content (AvgIpc) is 1.15. The minimum atomic E-state index is -0.335. The lowest BCUT2D eigenvalue weighted by Gasteiger charge is -2.45. The van der Waals surface area contributed by atoms with Crippen LogP contribution in [-0.2, 0) is 43.3 Å². The van der Waals surface area contributed by atoms with E-state index >= 15 is 0 Å². The molecule has 0 spiro atoms. The van der Waals surface area contributed by atoms with Gasteiger partial charge in [0.25, 0.3) is 6.71 Å². The van der Waals surface area contributed by atoms with Crippen LogP contribution in [0, 0.1) is 0 Å². The first kappa shape index (κ1) is 66.1. The van der Waals surface area contributed by atoms with Crippen LogP contribution in [0.5, 0.6) is 0 Å². The molecule has 0 bridgehead atoms. The van der Waals surface area contributed by atoms with Gasteiger partial charge in [0.05, 0.1) is 16.7 Å². The van der Waals surface area contributed by atoms with Crippen LogP contribution in [0.4, 0.5) is 34.1 Å². The Kier molecular flexibility index (Phi) is 15.7. The minimum absolute atomic E-state index is 0.150. The molecule has 0 atom stereocenters. The van der Waals surface area contributed by atoms with Crippen LogP contribution in [0.3, 0.4) is 0 Å². The van der Waals surface area contributed by atoms with Crippen LogP contribution in [-0.4, -0.2) is 11.3 Å². The van der Waals surface area contributed by atoms with Crippen LogP contribution in [0.2, 0.25) is 0 Å². The average molecular weight is 1280 g/mol. The van der Waals surface area contributed by atoms with Gasteiger partial charge in [0.15, 0.2) is 0 Å². The third kappa shape index (κ3) is 11.0. The lowest BCUT2D eigenvalue weighted by Crippen LogP contribution is -2.61. The van der Waals surface area contributed by atoms with Crippen molar-refractivity contribution in [2.45, 2.75) is 182 Å². The predicted octanol–water partition coefficient (Wildman–Crippen LogP) is 23.4. The fraction of sp³-hybridized carbons (Fsp3) is 0.298. The predicted molar refractivity (Wildman–Crippen MR) is 424 cm³/mol. The van der Waals surface area contributed by atoms with Gasteiger partial charge in [-0.05, 0) is 165 Å². The first-order valence-corrected chi connectivity index (χ1v) is 35.9. The summed E-state index contributed by atoms with van der Waals surface area (Å²) < 4.78 is 2.72. The third-order valence-corrected chi connectivity index (χ3v) is 22.7. The van der Waals surface area contributed by atoms with Gasteiger partial charge < -0.3 is 14.4 Å². The molecule has 12 aromatic rings. The lowest BCUT2D eigenvalue weighted by atomic mass is 9.33. The molecule has 11 aromatic carbocycles. The highest BCUT2D eigenvalue weighted by Crippen LogP contribution is 2.52. The number of nitrogens with zero attached hydrogens (tertiary/aromatic N) is 3. The maximum atomic E-state index is 2.72. The molecular weight excluding hydrogens is 1180 g/mol. The Hall–Kier alpha value is -9.12. The van der Waals surface area contributed by atoms with E-state index in [2.05, 4.69) is 395 Å². The SMILES string of the molecule is CC(C)(C)c1cc(C(C)(C)C)c2c3c(C(C)(C)C)cc(C(C)(C)C)cc3n(-c3cc4c5c(c3)N(c3cccc(C(C)(C)c6ccccc6)c3)c3cc(C(C)(C)c6ccccc6)ccc3B5c3ccc(C(C)(C)c5ccccc5)cc3N4c3cccc(C(C)(C)c4ccccc4)c3)c2c1. The first-order valence-electron chi connectivity index (χ1n) is 35.9. The Morgan fingerprint density at radius 3 is 0.847 bits per heavy atom. The summed E-state index contributed by atoms with van der Waals surface area (Å²) in [5.74, 6) is 0. The monoisotopic (exact) mass is 1280 g/mol. The van der Waals surface area contributed by atoms with Gasteiger partial charge in [-0.25, -0.2) is 0 Å². The normalized spacial score (nSPS) is 13.9. The Balaban J connectivity index is 1.19. The van der Waals surface area contributed by atoms with Crippen molar-refractivity contribution in [1.82, 2.24) is 4.57 Å². The van der Waals surface area contributed by atoms with Crippen molar-refractivity contribution in [3.05, 3.63) is 309 Å². The molecule has 98 heavy (non-hydrogen) atoms. The van der Waals surface area contributed by atoms with E-state index in [0.29, 0.717) is 0 Å². The third-order valence-electron chi connectivity index (χ3n) is 22.7. The molecule has 3 nitrogen and oxygen atoms in total. The summed E-state index contributed by atoms with van der Waals surface area (Å²) in [6, 6.07) is 94.0. The summed E-state index contributed by atoms with van der Waals surface area (Å²) in [6.07, 6.45) is 0.